The minimum atomic E-state index is -3.69. The first-order chi connectivity index (χ1) is 19.2. The van der Waals surface area contributed by atoms with Gasteiger partial charge in [-0.2, -0.15) is 4.31 Å². The number of hydrogen-bond acceptors (Lipinski definition) is 6. The second-order valence-electron chi connectivity index (χ2n) is 11.2. The molecule has 0 bridgehead atoms. The molecule has 40 heavy (non-hydrogen) atoms. The molecule has 0 aromatic heterocycles. The zero-order valence-corrected chi connectivity index (χ0v) is 25.2. The molecular weight excluding hydrogens is 526 g/mol. The van der Waals surface area contributed by atoms with Gasteiger partial charge < -0.3 is 14.8 Å². The number of benzene rings is 2. The van der Waals surface area contributed by atoms with E-state index in [-0.39, 0.29) is 36.6 Å². The first-order valence-electron chi connectivity index (χ1n) is 14.5. The lowest BCUT2D eigenvalue weighted by Gasteiger charge is -2.39. The van der Waals surface area contributed by atoms with Gasteiger partial charge in [0.1, 0.15) is 12.4 Å². The Bertz CT molecular complexity index is 1200. The minimum Gasteiger partial charge on any atom is -0.497 e. The molecule has 0 radical (unpaired) electrons. The Balaban J connectivity index is 1.21. The van der Waals surface area contributed by atoms with Crippen LogP contribution in [0.2, 0.25) is 0 Å². The monoisotopic (exact) mass is 571 g/mol. The number of amides is 1. The molecule has 0 spiro atoms. The van der Waals surface area contributed by atoms with E-state index in [1.165, 1.54) is 42.8 Å². The van der Waals surface area contributed by atoms with Crippen LogP contribution in [0.15, 0.2) is 47.4 Å². The highest BCUT2D eigenvalue weighted by Crippen LogP contribution is 2.40. The molecule has 1 saturated heterocycles. The molecular formula is C31H45N3O5S. The van der Waals surface area contributed by atoms with Gasteiger partial charge in [-0.25, -0.2) is 8.42 Å². The fraction of sp³-hybridized carbons (Fsp3) is 0.581. The molecule has 1 saturated carbocycles. The Hall–Kier alpha value is -2.46. The Labute approximate surface area is 240 Å². The molecule has 220 valence electrons. The van der Waals surface area contributed by atoms with Crippen molar-refractivity contribution in [3.05, 3.63) is 59.2 Å². The molecule has 4 rings (SSSR count). The third kappa shape index (κ3) is 7.43. The second-order valence-corrected chi connectivity index (χ2v) is 13.2. The van der Waals surface area contributed by atoms with Gasteiger partial charge in [0.05, 0.1) is 18.6 Å². The van der Waals surface area contributed by atoms with Gasteiger partial charge in [0.15, 0.2) is 0 Å². The molecule has 2 aromatic rings. The van der Waals surface area contributed by atoms with Crippen molar-refractivity contribution in [2.24, 2.45) is 5.92 Å². The fourth-order valence-electron chi connectivity index (χ4n) is 6.37. The number of carbonyl (C=O) groups is 1. The van der Waals surface area contributed by atoms with Gasteiger partial charge >= 0.3 is 0 Å². The Morgan fingerprint density at radius 3 is 2.27 bits per heavy atom. The van der Waals surface area contributed by atoms with Gasteiger partial charge in [0, 0.05) is 25.7 Å². The minimum absolute atomic E-state index is 0.0746. The third-order valence-electron chi connectivity index (χ3n) is 8.38. The van der Waals surface area contributed by atoms with Crippen LogP contribution in [0.5, 0.6) is 5.75 Å². The van der Waals surface area contributed by atoms with Crippen LogP contribution in [0.1, 0.15) is 61.3 Å². The Kier molecular flexibility index (Phi) is 10.6. The molecule has 9 heteroatoms. The number of nitrogens with zero attached hydrogens (tertiary/aromatic N) is 2. The normalized spacial score (nSPS) is 20.9. The quantitative estimate of drug-likeness (QED) is 0.379. The van der Waals surface area contributed by atoms with E-state index in [1.54, 1.807) is 33.1 Å². The maximum atomic E-state index is 13.2. The number of methoxy groups -OCH3 is 1. The third-order valence-corrected chi connectivity index (χ3v) is 10.5. The van der Waals surface area contributed by atoms with Crippen LogP contribution in [0.25, 0.3) is 0 Å². The highest BCUT2D eigenvalue weighted by molar-refractivity contribution is 7.89. The smallest absolute Gasteiger partial charge is 0.246 e. The number of hydrogen-bond donors (Lipinski definition) is 1. The summed E-state index contributed by atoms with van der Waals surface area (Å²) < 4.78 is 38.4. The number of likely N-dealkylation sites (tertiary alicyclic amines) is 1. The average Bonchev–Trinajstić information content (AvgIpc) is 3.46. The Morgan fingerprint density at radius 2 is 1.68 bits per heavy atom. The number of aryl methyl sites for hydroxylation is 2. The van der Waals surface area contributed by atoms with Crippen LogP contribution in [-0.2, 0) is 19.6 Å². The van der Waals surface area contributed by atoms with E-state index in [0.717, 1.165) is 25.7 Å². The van der Waals surface area contributed by atoms with Crippen molar-refractivity contribution in [1.29, 1.82) is 0 Å². The van der Waals surface area contributed by atoms with Gasteiger partial charge in [0.2, 0.25) is 15.9 Å². The molecule has 1 heterocycles. The lowest BCUT2D eigenvalue weighted by atomic mass is 9.78. The van der Waals surface area contributed by atoms with E-state index >= 15 is 0 Å². The first kappa shape index (κ1) is 30.5. The van der Waals surface area contributed by atoms with Crippen LogP contribution in [-0.4, -0.2) is 76.6 Å². The molecule has 1 N–H and O–H groups in total. The average molecular weight is 572 g/mol. The fourth-order valence-corrected chi connectivity index (χ4v) is 7.93. The molecule has 1 unspecified atom stereocenters. The number of carbonyl (C=O) groups excluding carboxylic acids is 1. The summed E-state index contributed by atoms with van der Waals surface area (Å²) in [5, 5.41) is 3.14. The van der Waals surface area contributed by atoms with Crippen LogP contribution >= 0.6 is 0 Å². The summed E-state index contributed by atoms with van der Waals surface area (Å²) in [6.07, 6.45) is 6.67. The lowest BCUT2D eigenvalue weighted by molar-refractivity contribution is -0.126. The van der Waals surface area contributed by atoms with Crippen LogP contribution in [0.4, 0.5) is 0 Å². The summed E-state index contributed by atoms with van der Waals surface area (Å²) in [5.74, 6) is 1.08. The van der Waals surface area contributed by atoms with Crippen LogP contribution < -0.4 is 10.1 Å². The molecule has 1 aliphatic heterocycles. The number of nitrogens with one attached hydrogen (secondary N) is 1. The van der Waals surface area contributed by atoms with Crippen molar-refractivity contribution < 1.29 is 22.7 Å². The maximum absolute atomic E-state index is 13.2. The predicted octanol–water partition coefficient (Wildman–Crippen LogP) is 4.46. The highest BCUT2D eigenvalue weighted by atomic mass is 32.2. The van der Waals surface area contributed by atoms with E-state index in [0.29, 0.717) is 28.8 Å². The molecule has 2 aliphatic rings. The van der Waals surface area contributed by atoms with E-state index in [9.17, 15) is 13.2 Å². The second kappa shape index (κ2) is 13.9. The number of rotatable bonds is 12. The van der Waals surface area contributed by atoms with E-state index < -0.39 is 10.0 Å². The van der Waals surface area contributed by atoms with Gasteiger partial charge in [-0.05, 0) is 100 Å². The van der Waals surface area contributed by atoms with Gasteiger partial charge in [0.25, 0.3) is 0 Å². The van der Waals surface area contributed by atoms with E-state index in [4.69, 9.17) is 9.47 Å². The maximum Gasteiger partial charge on any atom is 0.246 e. The Morgan fingerprint density at radius 1 is 1.05 bits per heavy atom. The summed E-state index contributed by atoms with van der Waals surface area (Å²) in [5.41, 5.74) is 2.68. The summed E-state index contributed by atoms with van der Waals surface area (Å²) in [6.45, 7) is 6.08. The van der Waals surface area contributed by atoms with E-state index in [1.807, 2.05) is 0 Å². The van der Waals surface area contributed by atoms with Crippen molar-refractivity contribution >= 4 is 15.9 Å². The topological polar surface area (TPSA) is 88.2 Å². The van der Waals surface area contributed by atoms with E-state index in [2.05, 4.69) is 40.5 Å². The van der Waals surface area contributed by atoms with Crippen LogP contribution in [0, 0.1) is 19.8 Å². The summed E-state index contributed by atoms with van der Waals surface area (Å²) in [4.78, 5) is 15.5. The molecule has 2 aromatic carbocycles. The van der Waals surface area contributed by atoms with Crippen LogP contribution in [0.3, 0.4) is 0 Å². The van der Waals surface area contributed by atoms with Crippen molar-refractivity contribution in [3.63, 3.8) is 0 Å². The summed E-state index contributed by atoms with van der Waals surface area (Å²) in [6, 6.07) is 14.9. The van der Waals surface area contributed by atoms with Gasteiger partial charge in [-0.15, -0.1) is 0 Å². The predicted molar refractivity (Wildman–Crippen MR) is 157 cm³/mol. The molecule has 1 atom stereocenters. The molecule has 1 amide bonds. The number of sulfonamides is 1. The molecule has 1 aliphatic carbocycles. The van der Waals surface area contributed by atoms with Crippen molar-refractivity contribution in [3.8, 4) is 5.75 Å². The summed E-state index contributed by atoms with van der Waals surface area (Å²) >= 11 is 0. The standard InChI is InChI=1S/C31H45N3O5S/c1-23-20-28(38-4)21-24(2)31(23)40(36,37)33(3)18-19-39-22-29(35)32-27-14-12-26(13-15-27)30(34-16-8-9-17-34)25-10-6-5-7-11-25/h5-7,10-11,20-21,26-27,30H,8-9,12-19,22H2,1-4H3,(H,32,35). The van der Waals surface area contributed by atoms with Crippen molar-refractivity contribution in [1.82, 2.24) is 14.5 Å². The zero-order valence-electron chi connectivity index (χ0n) is 24.4. The largest absolute Gasteiger partial charge is 0.497 e. The van der Waals surface area contributed by atoms with Crippen molar-refractivity contribution in [2.75, 3.05) is 47.0 Å². The van der Waals surface area contributed by atoms with Crippen molar-refractivity contribution in [2.45, 2.75) is 69.4 Å². The zero-order chi connectivity index (χ0) is 28.7. The van der Waals surface area contributed by atoms with Gasteiger partial charge in [-0.3, -0.25) is 9.69 Å². The van der Waals surface area contributed by atoms with Gasteiger partial charge in [-0.1, -0.05) is 30.3 Å². The SMILES string of the molecule is COc1cc(C)c(S(=O)(=O)N(C)CCOCC(=O)NC2CCC(C(c3ccccc3)N3CCCC3)CC2)c(C)c1. The summed E-state index contributed by atoms with van der Waals surface area (Å²) in [7, 11) is -0.601. The molecule has 2 fully saturated rings. The lowest BCUT2D eigenvalue weighted by Crippen LogP contribution is -2.42. The number of likely N-dealkylation sites (N-methyl/N-ethyl adjacent to an activating group) is 1. The number of ether oxygens (including phenoxy) is 2. The first-order valence-corrected chi connectivity index (χ1v) is 15.9. The molecule has 8 nitrogen and oxygen atoms in total. The highest BCUT2D eigenvalue weighted by Gasteiger charge is 2.34.